The van der Waals surface area contributed by atoms with Crippen molar-refractivity contribution in [2.75, 3.05) is 20.1 Å². The Labute approximate surface area is 114 Å². The number of hydrogen-bond donors (Lipinski definition) is 2. The molecule has 0 spiro atoms. The van der Waals surface area contributed by atoms with Gasteiger partial charge in [0.15, 0.2) is 0 Å². The summed E-state index contributed by atoms with van der Waals surface area (Å²) < 4.78 is 5.46. The van der Waals surface area contributed by atoms with E-state index in [0.29, 0.717) is 18.2 Å². The van der Waals surface area contributed by atoms with E-state index in [1.165, 1.54) is 0 Å². The molecule has 0 aliphatic carbocycles. The summed E-state index contributed by atoms with van der Waals surface area (Å²) in [5.41, 5.74) is 0.431. The number of esters is 1. The van der Waals surface area contributed by atoms with Crippen molar-refractivity contribution in [2.24, 2.45) is 5.92 Å². The van der Waals surface area contributed by atoms with Crippen LogP contribution in [0, 0.1) is 5.92 Å². The molecule has 5 nitrogen and oxygen atoms in total. The van der Waals surface area contributed by atoms with Crippen LogP contribution < -0.4 is 5.32 Å². The van der Waals surface area contributed by atoms with Crippen LogP contribution >= 0.6 is 0 Å². The summed E-state index contributed by atoms with van der Waals surface area (Å²) in [4.78, 5) is 14.1. The molecule has 0 aromatic rings. The predicted molar refractivity (Wildman–Crippen MR) is 72.6 cm³/mol. The largest absolute Gasteiger partial charge is 0.509 e. The van der Waals surface area contributed by atoms with Crippen LogP contribution in [-0.4, -0.2) is 47.8 Å². The van der Waals surface area contributed by atoms with Crippen LogP contribution in [0.25, 0.3) is 0 Å². The SMILES string of the molecule is CN1C2=C(O)CNCC2CCC1C(=O)OC(C)(C)C. The van der Waals surface area contributed by atoms with Gasteiger partial charge in [-0.1, -0.05) is 0 Å². The fourth-order valence-corrected chi connectivity index (χ4v) is 2.88. The molecule has 2 aliphatic heterocycles. The van der Waals surface area contributed by atoms with Crippen molar-refractivity contribution in [2.45, 2.75) is 45.3 Å². The van der Waals surface area contributed by atoms with E-state index < -0.39 is 5.60 Å². The van der Waals surface area contributed by atoms with Gasteiger partial charge in [-0.15, -0.1) is 0 Å². The maximum atomic E-state index is 12.2. The topological polar surface area (TPSA) is 61.8 Å². The van der Waals surface area contributed by atoms with E-state index in [-0.39, 0.29) is 12.0 Å². The highest BCUT2D eigenvalue weighted by Crippen LogP contribution is 2.33. The van der Waals surface area contributed by atoms with Gasteiger partial charge < -0.3 is 20.1 Å². The lowest BCUT2D eigenvalue weighted by Crippen LogP contribution is -2.50. The Kier molecular flexibility index (Phi) is 3.76. The smallest absolute Gasteiger partial charge is 0.329 e. The third-order valence-corrected chi connectivity index (χ3v) is 3.68. The number of piperidine rings is 1. The number of fused-ring (bicyclic) bond motifs is 1. The van der Waals surface area contributed by atoms with E-state index in [2.05, 4.69) is 5.32 Å². The first kappa shape index (κ1) is 14.2. The van der Waals surface area contributed by atoms with Crippen molar-refractivity contribution in [3.05, 3.63) is 11.5 Å². The maximum absolute atomic E-state index is 12.2. The fourth-order valence-electron chi connectivity index (χ4n) is 2.88. The summed E-state index contributed by atoms with van der Waals surface area (Å²) >= 11 is 0. The Balaban J connectivity index is 2.15. The zero-order valence-electron chi connectivity index (χ0n) is 12.2. The number of aliphatic hydroxyl groups is 1. The lowest BCUT2D eigenvalue weighted by molar-refractivity contribution is -0.161. The van der Waals surface area contributed by atoms with E-state index in [4.69, 9.17) is 4.74 Å². The van der Waals surface area contributed by atoms with Crippen LogP contribution in [0.15, 0.2) is 11.5 Å². The number of carbonyl (C=O) groups is 1. The molecule has 19 heavy (non-hydrogen) atoms. The van der Waals surface area contributed by atoms with Gasteiger partial charge in [0.25, 0.3) is 0 Å². The lowest BCUT2D eigenvalue weighted by Gasteiger charge is -2.42. The molecule has 0 amide bonds. The molecule has 0 aromatic heterocycles. The molecule has 0 saturated carbocycles. The second kappa shape index (κ2) is 5.04. The number of carbonyl (C=O) groups excluding carboxylic acids is 1. The molecule has 2 N–H and O–H groups in total. The van der Waals surface area contributed by atoms with Crippen molar-refractivity contribution in [1.82, 2.24) is 10.2 Å². The Morgan fingerprint density at radius 2 is 2.11 bits per heavy atom. The number of aliphatic hydroxyl groups excluding tert-OH is 1. The Bertz CT molecular complexity index is 398. The predicted octanol–water partition coefficient (Wildman–Crippen LogP) is 1.41. The second-order valence-electron chi connectivity index (χ2n) is 6.40. The number of ether oxygens (including phenoxy) is 1. The van der Waals surface area contributed by atoms with Gasteiger partial charge in [0, 0.05) is 19.5 Å². The van der Waals surface area contributed by atoms with Gasteiger partial charge in [0.05, 0.1) is 12.2 Å². The number of hydrogen-bond acceptors (Lipinski definition) is 5. The summed E-state index contributed by atoms with van der Waals surface area (Å²) in [7, 11) is 1.87. The zero-order valence-corrected chi connectivity index (χ0v) is 12.2. The molecule has 2 atom stereocenters. The zero-order chi connectivity index (χ0) is 14.2. The molecule has 2 aliphatic rings. The molecule has 108 valence electrons. The average Bonchev–Trinajstić information content (AvgIpc) is 2.26. The molecule has 2 heterocycles. The van der Waals surface area contributed by atoms with Gasteiger partial charge >= 0.3 is 5.97 Å². The van der Waals surface area contributed by atoms with Crippen LogP contribution in [-0.2, 0) is 9.53 Å². The first-order chi connectivity index (χ1) is 8.79. The summed E-state index contributed by atoms with van der Waals surface area (Å²) in [6, 6.07) is -0.286. The van der Waals surface area contributed by atoms with Crippen molar-refractivity contribution in [3.63, 3.8) is 0 Å². The first-order valence-electron chi connectivity index (χ1n) is 6.88. The van der Waals surface area contributed by atoms with Gasteiger partial charge in [0.1, 0.15) is 17.4 Å². The second-order valence-corrected chi connectivity index (χ2v) is 6.40. The minimum absolute atomic E-state index is 0.202. The highest BCUT2D eigenvalue weighted by Gasteiger charge is 2.39. The molecule has 5 heteroatoms. The van der Waals surface area contributed by atoms with Crippen LogP contribution in [0.5, 0.6) is 0 Å². The normalized spacial score (nSPS) is 28.1. The molecule has 2 rings (SSSR count). The third kappa shape index (κ3) is 3.03. The van der Waals surface area contributed by atoms with Crippen molar-refractivity contribution in [1.29, 1.82) is 0 Å². The van der Waals surface area contributed by atoms with E-state index >= 15 is 0 Å². The van der Waals surface area contributed by atoms with Crippen molar-refractivity contribution >= 4 is 5.97 Å². The van der Waals surface area contributed by atoms with Gasteiger partial charge in [0.2, 0.25) is 0 Å². The summed E-state index contributed by atoms with van der Waals surface area (Å²) in [6.45, 7) is 6.97. The van der Waals surface area contributed by atoms with Crippen molar-refractivity contribution < 1.29 is 14.6 Å². The number of nitrogens with zero attached hydrogens (tertiary/aromatic N) is 1. The molecule has 2 unspecified atom stereocenters. The third-order valence-electron chi connectivity index (χ3n) is 3.68. The molecular formula is C14H24N2O3. The number of likely N-dealkylation sites (N-methyl/N-ethyl adjacent to an activating group) is 1. The minimum atomic E-state index is -0.473. The Morgan fingerprint density at radius 1 is 1.42 bits per heavy atom. The molecule has 1 saturated heterocycles. The van der Waals surface area contributed by atoms with Gasteiger partial charge in [-0.25, -0.2) is 4.79 Å². The van der Waals surface area contributed by atoms with Gasteiger partial charge in [-0.3, -0.25) is 0 Å². The number of rotatable bonds is 1. The molecule has 1 fully saturated rings. The first-order valence-corrected chi connectivity index (χ1v) is 6.88. The number of likely N-dealkylation sites (tertiary alicyclic amines) is 1. The van der Waals surface area contributed by atoms with Crippen LogP contribution in [0.3, 0.4) is 0 Å². The summed E-state index contributed by atoms with van der Waals surface area (Å²) in [5, 5.41) is 13.2. The highest BCUT2D eigenvalue weighted by atomic mass is 16.6. The Morgan fingerprint density at radius 3 is 2.74 bits per heavy atom. The standard InChI is InChI=1S/C14H24N2O3/c1-14(2,3)19-13(18)10-6-5-9-7-15-8-11(17)12(9)16(10)4/h9-10,15,17H,5-8H2,1-4H3. The van der Waals surface area contributed by atoms with Gasteiger partial charge in [-0.2, -0.15) is 0 Å². The van der Waals surface area contributed by atoms with Crippen LogP contribution in [0.2, 0.25) is 0 Å². The monoisotopic (exact) mass is 268 g/mol. The van der Waals surface area contributed by atoms with E-state index in [1.54, 1.807) is 0 Å². The quantitative estimate of drug-likeness (QED) is 0.704. The van der Waals surface area contributed by atoms with E-state index in [9.17, 15) is 9.90 Å². The molecule has 0 aromatic carbocycles. The van der Waals surface area contributed by atoms with E-state index in [0.717, 1.165) is 25.1 Å². The highest BCUT2D eigenvalue weighted by molar-refractivity contribution is 5.76. The van der Waals surface area contributed by atoms with E-state index in [1.807, 2.05) is 32.7 Å². The minimum Gasteiger partial charge on any atom is -0.509 e. The summed E-state index contributed by atoms with van der Waals surface area (Å²) in [6.07, 6.45) is 1.68. The van der Waals surface area contributed by atoms with Crippen molar-refractivity contribution in [3.8, 4) is 0 Å². The van der Waals surface area contributed by atoms with Crippen LogP contribution in [0.4, 0.5) is 0 Å². The fraction of sp³-hybridized carbons (Fsp3) is 0.786. The molecular weight excluding hydrogens is 244 g/mol. The Hall–Kier alpha value is -1.23. The van der Waals surface area contributed by atoms with Crippen LogP contribution in [0.1, 0.15) is 33.6 Å². The number of nitrogens with one attached hydrogen (secondary N) is 1. The summed E-state index contributed by atoms with van der Waals surface area (Å²) in [5.74, 6) is 0.455. The van der Waals surface area contributed by atoms with Gasteiger partial charge in [-0.05, 0) is 33.6 Å². The molecule has 0 radical (unpaired) electrons. The molecule has 0 bridgehead atoms. The maximum Gasteiger partial charge on any atom is 0.329 e. The lowest BCUT2D eigenvalue weighted by atomic mass is 9.87. The average molecular weight is 268 g/mol.